The van der Waals surface area contributed by atoms with Crippen LogP contribution in [0, 0.1) is 6.92 Å². The third kappa shape index (κ3) is 9.03. The van der Waals surface area contributed by atoms with Gasteiger partial charge in [-0.25, -0.2) is 0 Å². The first kappa shape index (κ1) is 27.8. The predicted molar refractivity (Wildman–Crippen MR) is 151 cm³/mol. The van der Waals surface area contributed by atoms with Crippen LogP contribution in [0.2, 0.25) is 5.02 Å². The van der Waals surface area contributed by atoms with Gasteiger partial charge in [0.15, 0.2) is 0 Å². The monoisotopic (exact) mass is 522 g/mol. The molecule has 2 amide bonds. The summed E-state index contributed by atoms with van der Waals surface area (Å²) in [5.41, 5.74) is 4.31. The lowest BCUT2D eigenvalue weighted by atomic mass is 10.0. The molecule has 0 aromatic heterocycles. The van der Waals surface area contributed by atoms with E-state index in [4.69, 9.17) is 11.6 Å². The largest absolute Gasteiger partial charge is 0.354 e. The molecule has 0 saturated heterocycles. The van der Waals surface area contributed by atoms with Crippen LogP contribution in [0.5, 0.6) is 0 Å². The van der Waals surface area contributed by atoms with E-state index in [0.29, 0.717) is 30.3 Å². The minimum atomic E-state index is -0.615. The van der Waals surface area contributed by atoms with Gasteiger partial charge in [0.2, 0.25) is 11.8 Å². The maximum atomic E-state index is 13.6. The molecule has 6 heteroatoms. The number of carbonyl (C=O) groups excluding carboxylic acids is 2. The number of hydrogen-bond donors (Lipinski definition) is 1. The molecule has 0 aliphatic carbocycles. The van der Waals surface area contributed by atoms with Crippen LogP contribution in [-0.2, 0) is 28.3 Å². The van der Waals surface area contributed by atoms with Gasteiger partial charge in [-0.3, -0.25) is 9.59 Å². The van der Waals surface area contributed by atoms with Crippen molar-refractivity contribution < 1.29 is 9.59 Å². The van der Waals surface area contributed by atoms with E-state index in [1.807, 2.05) is 60.7 Å². The number of halogens is 1. The summed E-state index contributed by atoms with van der Waals surface area (Å²) in [6.07, 6.45) is 2.34. The highest BCUT2D eigenvalue weighted by Crippen LogP contribution is 2.20. The van der Waals surface area contributed by atoms with Crippen molar-refractivity contribution in [2.75, 3.05) is 12.3 Å². The molecule has 4 nitrogen and oxygen atoms in total. The lowest BCUT2D eigenvalue weighted by molar-refractivity contribution is -0.139. The SMILES string of the molecule is CCCCNC(=O)[C@H](Cc1ccccc1)N(Cc1cccc(Cl)c1)C(=O)CSCc1cccc(C)c1. The maximum Gasteiger partial charge on any atom is 0.243 e. The van der Waals surface area contributed by atoms with Crippen molar-refractivity contribution in [2.45, 2.75) is 51.4 Å². The van der Waals surface area contributed by atoms with Crippen LogP contribution < -0.4 is 5.32 Å². The van der Waals surface area contributed by atoms with Crippen LogP contribution in [0.3, 0.4) is 0 Å². The van der Waals surface area contributed by atoms with Gasteiger partial charge in [-0.2, -0.15) is 0 Å². The second-order valence-corrected chi connectivity index (χ2v) is 10.4. The lowest BCUT2D eigenvalue weighted by Crippen LogP contribution is -2.51. The first-order chi connectivity index (χ1) is 17.5. The van der Waals surface area contributed by atoms with Crippen molar-refractivity contribution in [3.63, 3.8) is 0 Å². The van der Waals surface area contributed by atoms with Crippen LogP contribution >= 0.6 is 23.4 Å². The van der Waals surface area contributed by atoms with Gasteiger partial charge >= 0.3 is 0 Å². The van der Waals surface area contributed by atoms with Crippen molar-refractivity contribution in [2.24, 2.45) is 0 Å². The van der Waals surface area contributed by atoms with Crippen LogP contribution in [0.15, 0.2) is 78.9 Å². The average molecular weight is 523 g/mol. The number of unbranched alkanes of at least 4 members (excludes halogenated alkanes) is 1. The van der Waals surface area contributed by atoms with Gasteiger partial charge in [0.1, 0.15) is 6.04 Å². The molecule has 0 fully saturated rings. The smallest absolute Gasteiger partial charge is 0.243 e. The van der Waals surface area contributed by atoms with Crippen molar-refractivity contribution in [3.05, 3.63) is 106 Å². The summed E-state index contributed by atoms with van der Waals surface area (Å²) < 4.78 is 0. The summed E-state index contributed by atoms with van der Waals surface area (Å²) in [5, 5.41) is 3.67. The zero-order chi connectivity index (χ0) is 25.8. The molecule has 1 atom stereocenters. The molecule has 0 heterocycles. The van der Waals surface area contributed by atoms with E-state index in [-0.39, 0.29) is 11.8 Å². The molecular weight excluding hydrogens is 488 g/mol. The van der Waals surface area contributed by atoms with Crippen molar-refractivity contribution in [1.82, 2.24) is 10.2 Å². The number of hydrogen-bond acceptors (Lipinski definition) is 3. The van der Waals surface area contributed by atoms with Gasteiger partial charge in [0.05, 0.1) is 5.75 Å². The standard InChI is InChI=1S/C30H35ClN2O2S/c1-3-4-16-32-30(35)28(19-24-11-6-5-7-12-24)33(20-25-13-9-15-27(31)18-25)29(34)22-36-21-26-14-8-10-23(2)17-26/h5-15,17-18,28H,3-4,16,19-22H2,1-2H3,(H,32,35)/t28-/m0/s1. The quantitative estimate of drug-likeness (QED) is 0.263. The molecule has 0 bridgehead atoms. The topological polar surface area (TPSA) is 49.4 Å². The zero-order valence-electron chi connectivity index (χ0n) is 21.1. The van der Waals surface area contributed by atoms with Crippen molar-refractivity contribution in [3.8, 4) is 0 Å². The Bertz CT molecular complexity index is 1120. The zero-order valence-corrected chi connectivity index (χ0v) is 22.7. The molecule has 0 spiro atoms. The van der Waals surface area contributed by atoms with Crippen molar-refractivity contribution >= 4 is 35.2 Å². The Balaban J connectivity index is 1.83. The highest BCUT2D eigenvalue weighted by atomic mass is 35.5. The van der Waals surface area contributed by atoms with E-state index in [9.17, 15) is 9.59 Å². The summed E-state index contributed by atoms with van der Waals surface area (Å²) in [7, 11) is 0. The number of thioether (sulfide) groups is 1. The molecule has 0 saturated carbocycles. The number of rotatable bonds is 13. The Hall–Kier alpha value is -2.76. The number of aryl methyl sites for hydroxylation is 1. The van der Waals surface area contributed by atoms with Gasteiger partial charge in [0, 0.05) is 30.3 Å². The van der Waals surface area contributed by atoms with Crippen molar-refractivity contribution in [1.29, 1.82) is 0 Å². The Morgan fingerprint density at radius 3 is 2.39 bits per heavy atom. The Labute approximate surface area is 224 Å². The number of nitrogens with zero attached hydrogens (tertiary/aromatic N) is 1. The van der Waals surface area contributed by atoms with Crippen LogP contribution in [0.25, 0.3) is 0 Å². The van der Waals surface area contributed by atoms with Crippen LogP contribution in [-0.4, -0.2) is 35.1 Å². The van der Waals surface area contributed by atoms with E-state index in [2.05, 4.69) is 37.4 Å². The summed E-state index contributed by atoms with van der Waals surface area (Å²) in [6, 6.07) is 25.1. The van der Waals surface area contributed by atoms with Gasteiger partial charge in [-0.1, -0.05) is 97.2 Å². The summed E-state index contributed by atoms with van der Waals surface area (Å²) in [5.74, 6) is 0.859. The molecule has 0 aliphatic rings. The highest BCUT2D eigenvalue weighted by Gasteiger charge is 2.30. The van der Waals surface area contributed by atoms with E-state index < -0.39 is 6.04 Å². The molecule has 1 N–H and O–H groups in total. The van der Waals surface area contributed by atoms with E-state index in [1.165, 1.54) is 11.1 Å². The third-order valence-electron chi connectivity index (χ3n) is 5.92. The minimum Gasteiger partial charge on any atom is -0.354 e. The van der Waals surface area contributed by atoms with E-state index in [1.54, 1.807) is 16.7 Å². The second-order valence-electron chi connectivity index (χ2n) is 8.98. The molecule has 3 aromatic rings. The Morgan fingerprint density at radius 1 is 0.944 bits per heavy atom. The molecule has 36 heavy (non-hydrogen) atoms. The summed E-state index contributed by atoms with van der Waals surface area (Å²) in [6.45, 7) is 5.08. The Kier molecular flexibility index (Phi) is 11.4. The van der Waals surface area contributed by atoms with Gasteiger partial charge in [-0.15, -0.1) is 11.8 Å². The van der Waals surface area contributed by atoms with E-state index >= 15 is 0 Å². The number of nitrogens with one attached hydrogen (secondary N) is 1. The fraction of sp³-hybridized carbons (Fsp3) is 0.333. The molecule has 0 unspecified atom stereocenters. The van der Waals surface area contributed by atoms with Gasteiger partial charge in [0.25, 0.3) is 0 Å². The highest BCUT2D eigenvalue weighted by molar-refractivity contribution is 7.99. The first-order valence-electron chi connectivity index (χ1n) is 12.4. The lowest BCUT2D eigenvalue weighted by Gasteiger charge is -2.31. The molecule has 3 aromatic carbocycles. The minimum absolute atomic E-state index is 0.0563. The number of amides is 2. The molecule has 190 valence electrons. The van der Waals surface area contributed by atoms with Crippen LogP contribution in [0.4, 0.5) is 0 Å². The van der Waals surface area contributed by atoms with Gasteiger partial charge < -0.3 is 10.2 Å². The first-order valence-corrected chi connectivity index (χ1v) is 14.0. The normalized spacial score (nSPS) is 11.6. The predicted octanol–water partition coefficient (Wildman–Crippen LogP) is 6.44. The fourth-order valence-electron chi connectivity index (χ4n) is 4.03. The van der Waals surface area contributed by atoms with Gasteiger partial charge in [-0.05, 0) is 42.2 Å². The average Bonchev–Trinajstić information content (AvgIpc) is 2.87. The Morgan fingerprint density at radius 2 is 1.67 bits per heavy atom. The second kappa shape index (κ2) is 14.7. The molecule has 0 aliphatic heterocycles. The molecular formula is C30H35ClN2O2S. The number of carbonyl (C=O) groups is 2. The van der Waals surface area contributed by atoms with Crippen LogP contribution in [0.1, 0.15) is 42.0 Å². The summed E-state index contributed by atoms with van der Waals surface area (Å²) >= 11 is 7.81. The molecule has 0 radical (unpaired) electrons. The third-order valence-corrected chi connectivity index (χ3v) is 7.14. The molecule has 3 rings (SSSR count). The van der Waals surface area contributed by atoms with E-state index in [0.717, 1.165) is 29.7 Å². The number of benzene rings is 3. The summed E-state index contributed by atoms with van der Waals surface area (Å²) in [4.78, 5) is 28.8. The fourth-order valence-corrected chi connectivity index (χ4v) is 5.10. The maximum absolute atomic E-state index is 13.6.